The highest BCUT2D eigenvalue weighted by Crippen LogP contribution is 2.05. The number of urea groups is 1. The first-order chi connectivity index (χ1) is 8.76. The summed E-state index contributed by atoms with van der Waals surface area (Å²) in [5, 5.41) is 1.16. The van der Waals surface area contributed by atoms with E-state index in [0.29, 0.717) is 0 Å². The van der Waals surface area contributed by atoms with Gasteiger partial charge in [0.05, 0.1) is 16.3 Å². The van der Waals surface area contributed by atoms with E-state index in [2.05, 4.69) is 15.8 Å². The zero-order chi connectivity index (χ0) is 14.6. The summed E-state index contributed by atoms with van der Waals surface area (Å²) in [6.07, 6.45) is 2.73. The molecule has 0 aromatic carbocycles. The predicted octanol–water partition coefficient (Wildman–Crippen LogP) is 0.554. The Kier molecular flexibility index (Phi) is 4.54. The first-order valence-electron chi connectivity index (χ1n) is 5.50. The maximum Gasteiger partial charge on any atom is 0.349 e. The summed E-state index contributed by atoms with van der Waals surface area (Å²) in [4.78, 5) is 15.6. The molecule has 0 aromatic heterocycles. The molecule has 0 saturated heterocycles. The number of hydrogen-bond acceptors (Lipinski definition) is 6. The normalized spacial score (nSPS) is 16.2. The monoisotopic (exact) mass is 287 g/mol. The number of allylic oxidation sites excluding steroid dienone is 4. The summed E-state index contributed by atoms with van der Waals surface area (Å²) in [6, 6.07) is -0.882. The van der Waals surface area contributed by atoms with Crippen LogP contribution in [0.25, 0.3) is 0 Å². The number of amides is 2. The van der Waals surface area contributed by atoms with Crippen LogP contribution in [-0.2, 0) is 10.0 Å². The van der Waals surface area contributed by atoms with Crippen LogP contribution in [0.5, 0.6) is 0 Å². The number of sulfonamides is 1. The molecule has 8 nitrogen and oxygen atoms in total. The Morgan fingerprint density at radius 1 is 1.47 bits per heavy atom. The van der Waals surface area contributed by atoms with Crippen molar-refractivity contribution in [3.8, 4) is 0 Å². The smallest absolute Gasteiger partial charge is 0.281 e. The second-order valence-corrected chi connectivity index (χ2v) is 5.74. The predicted molar refractivity (Wildman–Crippen MR) is 71.9 cm³/mol. The fraction of sp³-hybridized carbons (Fsp3) is 0.400. The minimum Gasteiger partial charge on any atom is -0.281 e. The Labute approximate surface area is 112 Å². The Morgan fingerprint density at radius 2 is 2.11 bits per heavy atom. The van der Waals surface area contributed by atoms with E-state index in [1.54, 1.807) is 20.8 Å². The van der Waals surface area contributed by atoms with Crippen molar-refractivity contribution < 1.29 is 13.2 Å². The molecule has 0 spiro atoms. The van der Waals surface area contributed by atoms with Gasteiger partial charge in [-0.25, -0.2) is 28.4 Å². The summed E-state index contributed by atoms with van der Waals surface area (Å²) in [5.74, 6) is 0. The number of nitrogens with zero attached hydrogens (tertiary/aromatic N) is 2. The Hall–Kier alpha value is -2.03. The van der Waals surface area contributed by atoms with Crippen molar-refractivity contribution in [2.45, 2.75) is 27.7 Å². The van der Waals surface area contributed by atoms with Crippen molar-refractivity contribution in [1.82, 2.24) is 20.7 Å². The summed E-state index contributed by atoms with van der Waals surface area (Å²) < 4.78 is 25.1. The van der Waals surface area contributed by atoms with Gasteiger partial charge in [0.2, 0.25) is 0 Å². The van der Waals surface area contributed by atoms with Gasteiger partial charge in [0.1, 0.15) is 6.34 Å². The second kappa shape index (κ2) is 5.74. The molecule has 0 aliphatic carbocycles. The lowest BCUT2D eigenvalue weighted by Gasteiger charge is -2.25. The average molecular weight is 287 g/mol. The highest BCUT2D eigenvalue weighted by molar-refractivity contribution is 7.93. The first-order valence-corrected chi connectivity index (χ1v) is 6.98. The van der Waals surface area contributed by atoms with Crippen LogP contribution in [-0.4, -0.2) is 25.9 Å². The Bertz CT molecular complexity index is 562. The fourth-order valence-electron chi connectivity index (χ4n) is 1.08. The van der Waals surface area contributed by atoms with Gasteiger partial charge in [0.25, 0.3) is 10.0 Å². The molecule has 1 rings (SSSR count). The van der Waals surface area contributed by atoms with E-state index in [0.717, 1.165) is 16.5 Å². The van der Waals surface area contributed by atoms with Crippen LogP contribution in [0.2, 0.25) is 0 Å². The highest BCUT2D eigenvalue weighted by atomic mass is 32.2. The van der Waals surface area contributed by atoms with Crippen LogP contribution in [0.15, 0.2) is 27.4 Å². The Balaban J connectivity index is 2.62. The van der Waals surface area contributed by atoms with E-state index in [1.165, 1.54) is 19.3 Å². The molecule has 1 aliphatic rings. The van der Waals surface area contributed by atoms with Gasteiger partial charge in [-0.15, -0.1) is 0 Å². The standard InChI is InChI=1S/C10H17N5O3S/c1-5-7(2)19(17,18)14-10(16)13-15-6-11-8(3)9(4)12-15/h5-6,12H,1-4H3,(H2,13,14,16). The van der Waals surface area contributed by atoms with Gasteiger partial charge >= 0.3 is 6.03 Å². The molecular formula is C10H17N5O3S. The molecule has 106 valence electrons. The quantitative estimate of drug-likeness (QED) is 0.703. The molecule has 1 heterocycles. The molecule has 19 heavy (non-hydrogen) atoms. The van der Waals surface area contributed by atoms with Gasteiger partial charge in [0, 0.05) is 0 Å². The van der Waals surface area contributed by atoms with Gasteiger partial charge in [-0.1, -0.05) is 6.08 Å². The molecule has 2 amide bonds. The van der Waals surface area contributed by atoms with E-state index >= 15 is 0 Å². The molecule has 0 atom stereocenters. The van der Waals surface area contributed by atoms with Crippen LogP contribution >= 0.6 is 0 Å². The van der Waals surface area contributed by atoms with E-state index in [9.17, 15) is 13.2 Å². The van der Waals surface area contributed by atoms with E-state index < -0.39 is 16.1 Å². The summed E-state index contributed by atoms with van der Waals surface area (Å²) in [6.45, 7) is 6.55. The topological polar surface area (TPSA) is 103 Å². The second-order valence-electron chi connectivity index (χ2n) is 3.88. The van der Waals surface area contributed by atoms with Crippen molar-refractivity contribution in [1.29, 1.82) is 0 Å². The van der Waals surface area contributed by atoms with Crippen molar-refractivity contribution in [2.75, 3.05) is 0 Å². The van der Waals surface area contributed by atoms with Gasteiger partial charge < -0.3 is 0 Å². The number of nitrogens with one attached hydrogen (secondary N) is 3. The third kappa shape index (κ3) is 3.98. The fourth-order valence-corrected chi connectivity index (χ4v) is 1.84. The van der Waals surface area contributed by atoms with Gasteiger partial charge in [0.15, 0.2) is 0 Å². The number of carbonyl (C=O) groups excluding carboxylic acids is 1. The van der Waals surface area contributed by atoms with E-state index in [1.807, 2.05) is 4.72 Å². The molecule has 0 fully saturated rings. The van der Waals surface area contributed by atoms with Crippen molar-refractivity contribution in [2.24, 2.45) is 4.99 Å². The lowest BCUT2D eigenvalue weighted by atomic mass is 10.4. The average Bonchev–Trinajstić information content (AvgIpc) is 2.32. The molecule has 0 radical (unpaired) electrons. The van der Waals surface area contributed by atoms with E-state index in [-0.39, 0.29) is 4.91 Å². The van der Waals surface area contributed by atoms with Crippen LogP contribution in [0, 0.1) is 0 Å². The van der Waals surface area contributed by atoms with Crippen molar-refractivity contribution >= 4 is 22.4 Å². The largest absolute Gasteiger partial charge is 0.349 e. The molecule has 0 saturated carbocycles. The van der Waals surface area contributed by atoms with Gasteiger partial charge in [-0.3, -0.25) is 5.43 Å². The number of hydrazine groups is 2. The van der Waals surface area contributed by atoms with Crippen LogP contribution < -0.4 is 15.6 Å². The molecular weight excluding hydrogens is 270 g/mol. The van der Waals surface area contributed by atoms with Gasteiger partial charge in [-0.05, 0) is 27.7 Å². The van der Waals surface area contributed by atoms with Crippen LogP contribution in [0.4, 0.5) is 4.79 Å². The number of carbonyl (C=O) groups is 1. The lowest BCUT2D eigenvalue weighted by molar-refractivity contribution is 0.208. The van der Waals surface area contributed by atoms with Crippen molar-refractivity contribution in [3.05, 3.63) is 22.4 Å². The van der Waals surface area contributed by atoms with Gasteiger partial charge in [-0.2, -0.15) is 5.12 Å². The summed E-state index contributed by atoms with van der Waals surface area (Å²) in [7, 11) is -3.80. The molecule has 1 aliphatic heterocycles. The molecule has 0 unspecified atom stereocenters. The SMILES string of the molecule is CC=C(C)S(=O)(=O)NC(=O)NN1C=NC(C)=C(C)N1. The zero-order valence-electron chi connectivity index (χ0n) is 11.2. The number of rotatable bonds is 3. The highest BCUT2D eigenvalue weighted by Gasteiger charge is 2.18. The Morgan fingerprint density at radius 3 is 2.63 bits per heavy atom. The maximum absolute atomic E-state index is 11.6. The summed E-state index contributed by atoms with van der Waals surface area (Å²) >= 11 is 0. The minimum absolute atomic E-state index is 0.0647. The van der Waals surface area contributed by atoms with Crippen LogP contribution in [0.1, 0.15) is 27.7 Å². The molecule has 0 bridgehead atoms. The molecule has 3 N–H and O–H groups in total. The molecule has 0 aromatic rings. The summed E-state index contributed by atoms with van der Waals surface area (Å²) in [5.41, 5.74) is 6.62. The van der Waals surface area contributed by atoms with E-state index in [4.69, 9.17) is 0 Å². The number of hydrogen-bond donors (Lipinski definition) is 3. The van der Waals surface area contributed by atoms with Crippen LogP contribution in [0.3, 0.4) is 0 Å². The number of aliphatic imine (C=N–C) groups is 1. The molecule has 9 heteroatoms. The third-order valence-corrected chi connectivity index (χ3v) is 4.01. The zero-order valence-corrected chi connectivity index (χ0v) is 12.0. The first kappa shape index (κ1) is 15.0. The van der Waals surface area contributed by atoms with Crippen molar-refractivity contribution in [3.63, 3.8) is 0 Å². The minimum atomic E-state index is -3.80. The lowest BCUT2D eigenvalue weighted by Crippen LogP contribution is -2.54. The third-order valence-electron chi connectivity index (χ3n) is 2.48. The maximum atomic E-state index is 11.6.